The van der Waals surface area contributed by atoms with Gasteiger partial charge < -0.3 is 24.0 Å². The van der Waals surface area contributed by atoms with Crippen LogP contribution >= 0.6 is 0 Å². The lowest BCUT2D eigenvalue weighted by Gasteiger charge is -2.41. The first-order valence-corrected chi connectivity index (χ1v) is 8.96. The van der Waals surface area contributed by atoms with Gasteiger partial charge in [-0.05, 0) is 36.2 Å². The zero-order valence-electron chi connectivity index (χ0n) is 15.7. The summed E-state index contributed by atoms with van der Waals surface area (Å²) in [5, 5.41) is 9.98. The molecule has 2 atom stereocenters. The summed E-state index contributed by atoms with van der Waals surface area (Å²) in [6.45, 7) is 2.53. The molecular formula is C20H24N2O5. The molecule has 0 unspecified atom stereocenters. The van der Waals surface area contributed by atoms with Crippen LogP contribution in [-0.4, -0.2) is 47.2 Å². The third kappa shape index (κ3) is 3.25. The maximum atomic E-state index is 13.1. The maximum absolute atomic E-state index is 13.1. The molecule has 1 aliphatic heterocycles. The number of carboxylic acid groups (broad SMARTS) is 1. The van der Waals surface area contributed by atoms with Crippen LogP contribution in [-0.2, 0) is 4.79 Å². The standard InChI is InChI=1S/C20H24N2O5/c1-4-5-10-22-17(13-8-9-15(26-2)16(12-13)27-3)18(20(24)25)21-11-6-7-14(21)19(22)23/h6-9,11-12,17-18H,4-5,10H2,1-3H3,(H,24,25)/t17-,18+/m1/s1. The minimum atomic E-state index is -0.985. The second-order valence-electron chi connectivity index (χ2n) is 6.50. The number of fused-ring (bicyclic) bond motifs is 1. The highest BCUT2D eigenvalue weighted by Gasteiger charge is 2.44. The van der Waals surface area contributed by atoms with Crippen molar-refractivity contribution in [2.75, 3.05) is 20.8 Å². The Balaban J connectivity index is 2.15. The lowest BCUT2D eigenvalue weighted by atomic mass is 9.93. The normalized spacial score (nSPS) is 18.9. The number of benzene rings is 1. The Morgan fingerprint density at radius 1 is 1.19 bits per heavy atom. The van der Waals surface area contributed by atoms with Crippen molar-refractivity contribution >= 4 is 11.9 Å². The van der Waals surface area contributed by atoms with Gasteiger partial charge in [0.1, 0.15) is 5.69 Å². The molecule has 2 aromatic rings. The fourth-order valence-electron chi connectivity index (χ4n) is 3.64. The van der Waals surface area contributed by atoms with Crippen molar-refractivity contribution in [1.82, 2.24) is 9.47 Å². The Bertz CT molecular complexity index is 845. The highest BCUT2D eigenvalue weighted by molar-refractivity contribution is 5.95. The molecule has 0 saturated carbocycles. The number of carbonyl (C=O) groups excluding carboxylic acids is 1. The lowest BCUT2D eigenvalue weighted by Crippen LogP contribution is -2.48. The molecule has 0 radical (unpaired) electrons. The predicted molar refractivity (Wildman–Crippen MR) is 99.3 cm³/mol. The molecule has 0 bridgehead atoms. The van der Waals surface area contributed by atoms with Gasteiger partial charge in [-0.1, -0.05) is 19.4 Å². The van der Waals surface area contributed by atoms with Crippen LogP contribution in [0.4, 0.5) is 0 Å². The summed E-state index contributed by atoms with van der Waals surface area (Å²) < 4.78 is 12.2. The summed E-state index contributed by atoms with van der Waals surface area (Å²) in [4.78, 5) is 26.9. The zero-order valence-corrected chi connectivity index (χ0v) is 15.7. The topological polar surface area (TPSA) is 81.0 Å². The van der Waals surface area contributed by atoms with Crippen molar-refractivity contribution in [3.63, 3.8) is 0 Å². The molecule has 144 valence electrons. The average molecular weight is 372 g/mol. The first-order chi connectivity index (χ1) is 13.0. The molecule has 27 heavy (non-hydrogen) atoms. The molecule has 7 heteroatoms. The van der Waals surface area contributed by atoms with E-state index in [0.29, 0.717) is 29.3 Å². The van der Waals surface area contributed by atoms with E-state index in [0.717, 1.165) is 12.8 Å². The van der Waals surface area contributed by atoms with Gasteiger partial charge in [-0.15, -0.1) is 0 Å². The molecular weight excluding hydrogens is 348 g/mol. The summed E-state index contributed by atoms with van der Waals surface area (Å²) in [7, 11) is 3.07. The fraction of sp³-hybridized carbons (Fsp3) is 0.400. The Hall–Kier alpha value is -2.96. The highest BCUT2D eigenvalue weighted by Crippen LogP contribution is 2.41. The molecule has 0 spiro atoms. The van der Waals surface area contributed by atoms with Crippen molar-refractivity contribution in [1.29, 1.82) is 0 Å². The summed E-state index contributed by atoms with van der Waals surface area (Å²) in [6.07, 6.45) is 3.35. The van der Waals surface area contributed by atoms with E-state index in [1.807, 2.05) is 6.92 Å². The summed E-state index contributed by atoms with van der Waals surface area (Å²) >= 11 is 0. The number of ether oxygens (including phenoxy) is 2. The minimum Gasteiger partial charge on any atom is -0.493 e. The van der Waals surface area contributed by atoms with Crippen LogP contribution in [0.15, 0.2) is 36.5 Å². The number of carboxylic acids is 1. The van der Waals surface area contributed by atoms with Crippen molar-refractivity contribution in [3.05, 3.63) is 47.8 Å². The van der Waals surface area contributed by atoms with Gasteiger partial charge in [0.15, 0.2) is 17.5 Å². The van der Waals surface area contributed by atoms with Gasteiger partial charge in [0, 0.05) is 12.7 Å². The van der Waals surface area contributed by atoms with Crippen LogP contribution in [0.25, 0.3) is 0 Å². The van der Waals surface area contributed by atoms with Gasteiger partial charge in [0.25, 0.3) is 5.91 Å². The van der Waals surface area contributed by atoms with Gasteiger partial charge in [0.2, 0.25) is 0 Å². The summed E-state index contributed by atoms with van der Waals surface area (Å²) in [6, 6.07) is 7.10. The summed E-state index contributed by atoms with van der Waals surface area (Å²) in [5.74, 6) is -0.0932. The SMILES string of the molecule is CCCCN1C(=O)c2cccn2[C@H](C(=O)O)[C@H]1c1ccc(OC)c(OC)c1. The number of nitrogens with zero attached hydrogens (tertiary/aromatic N) is 2. The minimum absolute atomic E-state index is 0.161. The van der Waals surface area contributed by atoms with Gasteiger partial charge in [-0.25, -0.2) is 4.79 Å². The van der Waals surface area contributed by atoms with E-state index in [2.05, 4.69) is 0 Å². The predicted octanol–water partition coefficient (Wildman–Crippen LogP) is 3.13. The van der Waals surface area contributed by atoms with Gasteiger partial charge in [0.05, 0.1) is 20.3 Å². The van der Waals surface area contributed by atoms with Crippen LogP contribution in [0, 0.1) is 0 Å². The number of unbranched alkanes of at least 4 members (excludes halogenated alkanes) is 1. The molecule has 3 rings (SSSR count). The first-order valence-electron chi connectivity index (χ1n) is 8.96. The molecule has 0 aliphatic carbocycles. The van der Waals surface area contributed by atoms with Gasteiger partial charge >= 0.3 is 5.97 Å². The van der Waals surface area contributed by atoms with E-state index in [4.69, 9.17) is 9.47 Å². The third-order valence-corrected chi connectivity index (χ3v) is 4.95. The van der Waals surface area contributed by atoms with E-state index < -0.39 is 18.1 Å². The number of rotatable bonds is 7. The van der Waals surface area contributed by atoms with Crippen molar-refractivity contribution in [2.24, 2.45) is 0 Å². The van der Waals surface area contributed by atoms with Crippen LogP contribution in [0.1, 0.15) is 47.9 Å². The van der Waals surface area contributed by atoms with E-state index in [9.17, 15) is 14.7 Å². The quantitative estimate of drug-likeness (QED) is 0.808. The number of aromatic nitrogens is 1. The smallest absolute Gasteiger partial charge is 0.329 e. The Morgan fingerprint density at radius 3 is 2.56 bits per heavy atom. The van der Waals surface area contributed by atoms with Crippen LogP contribution < -0.4 is 9.47 Å². The van der Waals surface area contributed by atoms with Gasteiger partial charge in [-0.3, -0.25) is 4.79 Å². The van der Waals surface area contributed by atoms with Crippen LogP contribution in [0.2, 0.25) is 0 Å². The Kier molecular flexibility index (Phi) is 5.39. The van der Waals surface area contributed by atoms with E-state index >= 15 is 0 Å². The first kappa shape index (κ1) is 18.8. The number of methoxy groups -OCH3 is 2. The number of hydrogen-bond acceptors (Lipinski definition) is 4. The zero-order chi connectivity index (χ0) is 19.6. The van der Waals surface area contributed by atoms with Crippen molar-refractivity contribution in [3.8, 4) is 11.5 Å². The molecule has 1 aromatic heterocycles. The molecule has 1 amide bonds. The Labute approximate surface area is 158 Å². The third-order valence-electron chi connectivity index (χ3n) is 4.95. The molecule has 0 fully saturated rings. The molecule has 2 heterocycles. The Morgan fingerprint density at radius 2 is 1.93 bits per heavy atom. The van der Waals surface area contributed by atoms with Crippen LogP contribution in [0.3, 0.4) is 0 Å². The number of aliphatic carboxylic acids is 1. The van der Waals surface area contributed by atoms with E-state index in [1.54, 1.807) is 53.1 Å². The molecule has 1 N–H and O–H groups in total. The largest absolute Gasteiger partial charge is 0.493 e. The molecule has 1 aromatic carbocycles. The molecule has 1 aliphatic rings. The van der Waals surface area contributed by atoms with Gasteiger partial charge in [-0.2, -0.15) is 0 Å². The monoisotopic (exact) mass is 372 g/mol. The number of amides is 1. The second-order valence-corrected chi connectivity index (χ2v) is 6.50. The average Bonchev–Trinajstić information content (AvgIpc) is 3.15. The fourth-order valence-corrected chi connectivity index (χ4v) is 3.64. The van der Waals surface area contributed by atoms with Crippen molar-refractivity contribution in [2.45, 2.75) is 31.8 Å². The summed E-state index contributed by atoms with van der Waals surface area (Å²) in [5.41, 5.74) is 1.10. The highest BCUT2D eigenvalue weighted by atomic mass is 16.5. The lowest BCUT2D eigenvalue weighted by molar-refractivity contribution is -0.143. The van der Waals surface area contributed by atoms with E-state index in [1.165, 1.54) is 7.11 Å². The van der Waals surface area contributed by atoms with Crippen molar-refractivity contribution < 1.29 is 24.2 Å². The van der Waals surface area contributed by atoms with E-state index in [-0.39, 0.29) is 5.91 Å². The second kappa shape index (κ2) is 7.73. The molecule has 0 saturated heterocycles. The number of carbonyl (C=O) groups is 2. The van der Waals surface area contributed by atoms with Crippen LogP contribution in [0.5, 0.6) is 11.5 Å². The molecule has 7 nitrogen and oxygen atoms in total. The maximum Gasteiger partial charge on any atom is 0.329 e. The number of hydrogen-bond donors (Lipinski definition) is 1.